The van der Waals surface area contributed by atoms with E-state index in [4.69, 9.17) is 0 Å². The molecule has 1 aromatic carbocycles. The number of rotatable bonds is 5. The normalized spacial score (nSPS) is 15.7. The number of sulfone groups is 1. The van der Waals surface area contributed by atoms with Crippen LogP contribution < -0.4 is 0 Å². The van der Waals surface area contributed by atoms with Gasteiger partial charge < -0.3 is 10.0 Å². The molecule has 0 heterocycles. The zero-order chi connectivity index (χ0) is 13.9. The first kappa shape index (κ1) is 15.1. The lowest BCUT2D eigenvalue weighted by atomic mass is 9.94. The van der Waals surface area contributed by atoms with Crippen LogP contribution in [-0.4, -0.2) is 45.4 Å². The summed E-state index contributed by atoms with van der Waals surface area (Å²) in [5.41, 5.74) is 1.01. The Hall–Kier alpha value is -0.910. The van der Waals surface area contributed by atoms with Crippen molar-refractivity contribution in [1.29, 1.82) is 0 Å². The number of hydrogen-bond acceptors (Lipinski definition) is 4. The van der Waals surface area contributed by atoms with Gasteiger partial charge >= 0.3 is 0 Å². The molecule has 4 nitrogen and oxygen atoms in total. The van der Waals surface area contributed by atoms with Crippen molar-refractivity contribution in [1.82, 2.24) is 4.90 Å². The minimum atomic E-state index is -3.15. The molecule has 0 amide bonds. The van der Waals surface area contributed by atoms with E-state index in [9.17, 15) is 13.5 Å². The van der Waals surface area contributed by atoms with Crippen molar-refractivity contribution < 1.29 is 13.5 Å². The third-order valence-electron chi connectivity index (χ3n) is 3.03. The Morgan fingerprint density at radius 2 is 1.72 bits per heavy atom. The van der Waals surface area contributed by atoms with Crippen LogP contribution in [0.15, 0.2) is 29.2 Å². The number of nitrogens with zero attached hydrogens (tertiary/aromatic N) is 1. The van der Waals surface area contributed by atoms with Crippen LogP contribution in [0.2, 0.25) is 0 Å². The molecule has 0 aliphatic heterocycles. The Morgan fingerprint density at radius 1 is 1.22 bits per heavy atom. The van der Waals surface area contributed by atoms with Crippen molar-refractivity contribution in [2.75, 3.05) is 27.0 Å². The van der Waals surface area contributed by atoms with Crippen molar-refractivity contribution >= 4 is 9.84 Å². The van der Waals surface area contributed by atoms with E-state index in [1.54, 1.807) is 12.1 Å². The highest BCUT2D eigenvalue weighted by molar-refractivity contribution is 7.90. The topological polar surface area (TPSA) is 57.6 Å². The van der Waals surface area contributed by atoms with Crippen LogP contribution in [0.4, 0.5) is 0 Å². The predicted molar refractivity (Wildman–Crippen MR) is 72.2 cm³/mol. The van der Waals surface area contributed by atoms with Crippen LogP contribution in [0.25, 0.3) is 0 Å². The molecule has 0 saturated carbocycles. The van der Waals surface area contributed by atoms with Crippen LogP contribution in [0, 0.1) is 5.92 Å². The molecular weight excluding hydrogens is 250 g/mol. The Morgan fingerprint density at radius 3 is 2.06 bits per heavy atom. The molecule has 2 unspecified atom stereocenters. The predicted octanol–water partition coefficient (Wildman–Crippen LogP) is 1.32. The standard InChI is InChI=1S/C13H21NO3S/c1-10(9-15)13(14(2)3)11-5-7-12(8-6-11)18(4,16)17/h5-8,10,13,15H,9H2,1-4H3. The second-order valence-corrected chi connectivity index (χ2v) is 6.93. The fourth-order valence-electron chi connectivity index (χ4n) is 2.15. The summed E-state index contributed by atoms with van der Waals surface area (Å²) in [5.74, 6) is 0.0871. The van der Waals surface area contributed by atoms with E-state index in [2.05, 4.69) is 0 Å². The molecule has 0 aliphatic carbocycles. The maximum atomic E-state index is 11.4. The molecule has 1 N–H and O–H groups in total. The highest BCUT2D eigenvalue weighted by Crippen LogP contribution is 2.27. The Bertz CT molecular complexity index is 479. The van der Waals surface area contributed by atoms with Gasteiger partial charge in [0.15, 0.2) is 9.84 Å². The second-order valence-electron chi connectivity index (χ2n) is 4.91. The summed E-state index contributed by atoms with van der Waals surface area (Å²) in [7, 11) is 0.737. The summed E-state index contributed by atoms with van der Waals surface area (Å²) in [6.07, 6.45) is 1.20. The van der Waals surface area contributed by atoms with Crippen LogP contribution in [0.3, 0.4) is 0 Å². The van der Waals surface area contributed by atoms with E-state index in [0.29, 0.717) is 4.90 Å². The highest BCUT2D eigenvalue weighted by Gasteiger charge is 2.21. The lowest BCUT2D eigenvalue weighted by molar-refractivity contribution is 0.145. The van der Waals surface area contributed by atoms with Crippen molar-refractivity contribution in [3.63, 3.8) is 0 Å². The molecule has 0 spiro atoms. The van der Waals surface area contributed by atoms with Gasteiger partial charge in [-0.05, 0) is 37.7 Å². The fraction of sp³-hybridized carbons (Fsp3) is 0.538. The van der Waals surface area contributed by atoms with Gasteiger partial charge in [0, 0.05) is 18.9 Å². The maximum absolute atomic E-state index is 11.4. The largest absolute Gasteiger partial charge is 0.396 e. The van der Waals surface area contributed by atoms with Gasteiger partial charge in [-0.15, -0.1) is 0 Å². The van der Waals surface area contributed by atoms with Gasteiger partial charge in [-0.25, -0.2) is 8.42 Å². The molecule has 1 rings (SSSR count). The molecule has 0 aliphatic rings. The first-order chi connectivity index (χ1) is 8.27. The molecule has 2 atom stereocenters. The zero-order valence-electron chi connectivity index (χ0n) is 11.3. The summed E-state index contributed by atoms with van der Waals surface area (Å²) in [6, 6.07) is 6.93. The van der Waals surface area contributed by atoms with Crippen LogP contribution in [-0.2, 0) is 9.84 Å². The van der Waals surface area contributed by atoms with E-state index in [1.165, 1.54) is 6.26 Å². The van der Waals surface area contributed by atoms with Crippen molar-refractivity contribution in [3.05, 3.63) is 29.8 Å². The van der Waals surface area contributed by atoms with Crippen molar-refractivity contribution in [2.45, 2.75) is 17.9 Å². The quantitative estimate of drug-likeness (QED) is 0.877. The lowest BCUT2D eigenvalue weighted by Crippen LogP contribution is -2.27. The first-order valence-electron chi connectivity index (χ1n) is 5.84. The molecule has 0 aromatic heterocycles. The van der Waals surface area contributed by atoms with Crippen LogP contribution in [0.1, 0.15) is 18.5 Å². The van der Waals surface area contributed by atoms with Gasteiger partial charge in [0.05, 0.1) is 4.90 Å². The molecule has 1 aromatic rings. The number of aliphatic hydroxyl groups is 1. The summed E-state index contributed by atoms with van der Waals surface area (Å²) in [4.78, 5) is 2.34. The highest BCUT2D eigenvalue weighted by atomic mass is 32.2. The summed E-state index contributed by atoms with van der Waals surface area (Å²) in [6.45, 7) is 2.06. The molecule has 18 heavy (non-hydrogen) atoms. The lowest BCUT2D eigenvalue weighted by Gasteiger charge is -2.29. The van der Waals surface area contributed by atoms with Crippen molar-refractivity contribution in [2.24, 2.45) is 5.92 Å². The Labute approximate surface area is 109 Å². The van der Waals surface area contributed by atoms with Gasteiger partial charge in [0.25, 0.3) is 0 Å². The van der Waals surface area contributed by atoms with Crippen LogP contribution in [0.5, 0.6) is 0 Å². The number of aliphatic hydroxyl groups excluding tert-OH is 1. The van der Waals surface area contributed by atoms with Gasteiger partial charge in [-0.2, -0.15) is 0 Å². The second kappa shape index (κ2) is 5.82. The minimum Gasteiger partial charge on any atom is -0.396 e. The van der Waals surface area contributed by atoms with E-state index >= 15 is 0 Å². The van der Waals surface area contributed by atoms with Gasteiger partial charge in [0.2, 0.25) is 0 Å². The molecular formula is C13H21NO3S. The minimum absolute atomic E-state index is 0.0728. The molecule has 0 saturated heterocycles. The van der Waals surface area contributed by atoms with Gasteiger partial charge in [-0.3, -0.25) is 0 Å². The van der Waals surface area contributed by atoms with E-state index < -0.39 is 9.84 Å². The number of hydrogen-bond donors (Lipinski definition) is 1. The number of benzene rings is 1. The fourth-order valence-corrected chi connectivity index (χ4v) is 2.78. The van der Waals surface area contributed by atoms with Crippen molar-refractivity contribution in [3.8, 4) is 0 Å². The first-order valence-corrected chi connectivity index (χ1v) is 7.73. The third kappa shape index (κ3) is 3.54. The van der Waals surface area contributed by atoms with E-state index in [0.717, 1.165) is 5.56 Å². The smallest absolute Gasteiger partial charge is 0.175 e. The summed E-state index contributed by atoms with van der Waals surface area (Å²) < 4.78 is 22.8. The Balaban J connectivity index is 3.09. The van der Waals surface area contributed by atoms with Gasteiger partial charge in [0.1, 0.15) is 0 Å². The average Bonchev–Trinajstić information content (AvgIpc) is 2.28. The molecule has 0 radical (unpaired) electrons. The average molecular weight is 271 g/mol. The maximum Gasteiger partial charge on any atom is 0.175 e. The third-order valence-corrected chi connectivity index (χ3v) is 4.16. The zero-order valence-corrected chi connectivity index (χ0v) is 12.1. The molecule has 0 fully saturated rings. The monoisotopic (exact) mass is 271 g/mol. The summed E-state index contributed by atoms with van der Waals surface area (Å²) >= 11 is 0. The Kier molecular flexibility index (Phi) is 4.90. The van der Waals surface area contributed by atoms with E-state index in [1.807, 2.05) is 38.1 Å². The van der Waals surface area contributed by atoms with E-state index in [-0.39, 0.29) is 18.6 Å². The molecule has 0 bridgehead atoms. The SMILES string of the molecule is CC(CO)C(c1ccc(S(C)(=O)=O)cc1)N(C)C. The summed E-state index contributed by atoms with van der Waals surface area (Å²) in [5, 5.41) is 9.28. The molecule has 5 heteroatoms. The van der Waals surface area contributed by atoms with Gasteiger partial charge in [-0.1, -0.05) is 19.1 Å². The molecule has 102 valence electrons. The van der Waals surface area contributed by atoms with Crippen LogP contribution >= 0.6 is 0 Å².